The Morgan fingerprint density at radius 2 is 1.58 bits per heavy atom. The summed E-state index contributed by atoms with van der Waals surface area (Å²) < 4.78 is 0. The minimum atomic E-state index is -0.194. The van der Waals surface area contributed by atoms with Crippen LogP contribution in [0.25, 0.3) is 22.5 Å². The number of benzene rings is 3. The lowest BCUT2D eigenvalue weighted by Crippen LogP contribution is -2.12. The van der Waals surface area contributed by atoms with Crippen LogP contribution in [0.4, 0.5) is 5.69 Å². The average molecular weight is 341 g/mol. The van der Waals surface area contributed by atoms with Crippen LogP contribution in [-0.2, 0) is 0 Å². The van der Waals surface area contributed by atoms with Crippen LogP contribution in [0.2, 0.25) is 0 Å². The highest BCUT2D eigenvalue weighted by Gasteiger charge is 2.14. The number of hydrogen-bond acceptors (Lipinski definition) is 4. The van der Waals surface area contributed by atoms with E-state index in [0.29, 0.717) is 22.6 Å². The highest BCUT2D eigenvalue weighted by Crippen LogP contribution is 2.31. The minimum Gasteiger partial charge on any atom is -0.321 e. The van der Waals surface area contributed by atoms with Crippen LogP contribution in [0.3, 0.4) is 0 Å². The number of aromatic nitrogens is 4. The SMILES string of the molecule is O=C(Nc1cc(-c2ccccc2)ccc1-c1nn[nH]n1)c1ccccc1. The molecular weight excluding hydrogens is 326 g/mol. The van der Waals surface area contributed by atoms with Gasteiger partial charge in [0.25, 0.3) is 5.91 Å². The molecule has 1 aromatic heterocycles. The van der Waals surface area contributed by atoms with Crippen molar-refractivity contribution in [1.29, 1.82) is 0 Å². The molecule has 0 saturated carbocycles. The molecule has 26 heavy (non-hydrogen) atoms. The molecule has 0 radical (unpaired) electrons. The number of nitrogens with one attached hydrogen (secondary N) is 2. The molecule has 4 rings (SSSR count). The fourth-order valence-corrected chi connectivity index (χ4v) is 2.71. The summed E-state index contributed by atoms with van der Waals surface area (Å²) in [5.74, 6) is 0.230. The molecule has 1 heterocycles. The third-order valence-corrected chi connectivity index (χ3v) is 4.00. The zero-order valence-electron chi connectivity index (χ0n) is 13.8. The molecular formula is C20H15N5O. The Labute approximate surface area is 149 Å². The maximum absolute atomic E-state index is 12.6. The number of tetrazole rings is 1. The Bertz CT molecular complexity index is 1010. The zero-order chi connectivity index (χ0) is 17.8. The molecule has 1 amide bonds. The maximum atomic E-state index is 12.6. The third-order valence-electron chi connectivity index (χ3n) is 4.00. The van der Waals surface area contributed by atoms with E-state index in [2.05, 4.69) is 25.9 Å². The van der Waals surface area contributed by atoms with Gasteiger partial charge in [-0.05, 0) is 40.6 Å². The summed E-state index contributed by atoms with van der Waals surface area (Å²) >= 11 is 0. The number of amides is 1. The van der Waals surface area contributed by atoms with Crippen molar-refractivity contribution in [3.63, 3.8) is 0 Å². The van der Waals surface area contributed by atoms with Crippen LogP contribution in [-0.4, -0.2) is 26.5 Å². The molecule has 0 atom stereocenters. The summed E-state index contributed by atoms with van der Waals surface area (Å²) in [6, 6.07) is 24.8. The fraction of sp³-hybridized carbons (Fsp3) is 0. The van der Waals surface area contributed by atoms with E-state index >= 15 is 0 Å². The molecule has 0 aliphatic heterocycles. The lowest BCUT2D eigenvalue weighted by Gasteiger charge is -2.12. The molecule has 126 valence electrons. The monoisotopic (exact) mass is 341 g/mol. The van der Waals surface area contributed by atoms with Gasteiger partial charge in [0, 0.05) is 11.1 Å². The Hall–Kier alpha value is -3.80. The second kappa shape index (κ2) is 6.98. The summed E-state index contributed by atoms with van der Waals surface area (Å²) in [7, 11) is 0. The lowest BCUT2D eigenvalue weighted by molar-refractivity contribution is 0.102. The van der Waals surface area contributed by atoms with Crippen LogP contribution in [0.1, 0.15) is 10.4 Å². The second-order valence-electron chi connectivity index (χ2n) is 5.68. The van der Waals surface area contributed by atoms with Gasteiger partial charge in [0.2, 0.25) is 5.82 Å². The van der Waals surface area contributed by atoms with Crippen molar-refractivity contribution >= 4 is 11.6 Å². The Morgan fingerprint density at radius 1 is 0.846 bits per heavy atom. The van der Waals surface area contributed by atoms with Gasteiger partial charge in [-0.15, -0.1) is 10.2 Å². The molecule has 6 nitrogen and oxygen atoms in total. The molecule has 0 unspecified atom stereocenters. The highest BCUT2D eigenvalue weighted by atomic mass is 16.1. The number of carbonyl (C=O) groups is 1. The van der Waals surface area contributed by atoms with Crippen molar-refractivity contribution in [2.45, 2.75) is 0 Å². The van der Waals surface area contributed by atoms with Crippen molar-refractivity contribution < 1.29 is 4.79 Å². The van der Waals surface area contributed by atoms with Crippen LogP contribution >= 0.6 is 0 Å². The predicted octanol–water partition coefficient (Wildman–Crippen LogP) is 3.79. The fourth-order valence-electron chi connectivity index (χ4n) is 2.71. The highest BCUT2D eigenvalue weighted by molar-refractivity contribution is 6.06. The first-order chi connectivity index (χ1) is 12.8. The Kier molecular flexibility index (Phi) is 4.22. The van der Waals surface area contributed by atoms with Crippen molar-refractivity contribution in [1.82, 2.24) is 20.6 Å². The Morgan fingerprint density at radius 3 is 2.27 bits per heavy atom. The topological polar surface area (TPSA) is 83.6 Å². The van der Waals surface area contributed by atoms with Crippen molar-refractivity contribution in [2.75, 3.05) is 5.32 Å². The van der Waals surface area contributed by atoms with E-state index in [1.165, 1.54) is 0 Å². The van der Waals surface area contributed by atoms with Gasteiger partial charge in [-0.25, -0.2) is 0 Å². The van der Waals surface area contributed by atoms with Crippen molar-refractivity contribution in [3.05, 3.63) is 84.4 Å². The van der Waals surface area contributed by atoms with E-state index in [0.717, 1.165) is 11.1 Å². The maximum Gasteiger partial charge on any atom is 0.255 e. The summed E-state index contributed by atoms with van der Waals surface area (Å²) in [4.78, 5) is 12.6. The van der Waals surface area contributed by atoms with Crippen LogP contribution in [0, 0.1) is 0 Å². The number of rotatable bonds is 4. The molecule has 0 aliphatic rings. The van der Waals surface area contributed by atoms with Gasteiger partial charge in [-0.3, -0.25) is 4.79 Å². The average Bonchev–Trinajstić information content (AvgIpc) is 3.24. The van der Waals surface area contributed by atoms with Gasteiger partial charge >= 0.3 is 0 Å². The van der Waals surface area contributed by atoms with E-state index in [9.17, 15) is 4.79 Å². The number of H-pyrrole nitrogens is 1. The number of aromatic amines is 1. The molecule has 6 heteroatoms. The van der Waals surface area contributed by atoms with Crippen molar-refractivity contribution in [3.8, 4) is 22.5 Å². The number of anilines is 1. The molecule has 4 aromatic rings. The normalized spacial score (nSPS) is 10.5. The first-order valence-electron chi connectivity index (χ1n) is 8.11. The summed E-state index contributed by atoms with van der Waals surface area (Å²) in [5, 5.41) is 17.1. The standard InChI is InChI=1S/C20H15N5O/c26-20(15-9-5-2-6-10-15)21-18-13-16(14-7-3-1-4-8-14)11-12-17(18)19-22-24-25-23-19/h1-13H,(H,21,26)(H,22,23,24,25). The summed E-state index contributed by atoms with van der Waals surface area (Å²) in [6.07, 6.45) is 0. The summed E-state index contributed by atoms with van der Waals surface area (Å²) in [6.45, 7) is 0. The number of hydrogen-bond donors (Lipinski definition) is 2. The molecule has 0 bridgehead atoms. The number of carbonyl (C=O) groups excluding carboxylic acids is 1. The van der Waals surface area contributed by atoms with E-state index in [1.807, 2.05) is 66.7 Å². The van der Waals surface area contributed by atoms with Gasteiger partial charge in [-0.2, -0.15) is 5.21 Å². The largest absolute Gasteiger partial charge is 0.321 e. The van der Waals surface area contributed by atoms with E-state index < -0.39 is 0 Å². The van der Waals surface area contributed by atoms with Gasteiger partial charge in [-0.1, -0.05) is 54.6 Å². The first kappa shape index (κ1) is 15.7. The van der Waals surface area contributed by atoms with E-state index in [1.54, 1.807) is 12.1 Å². The van der Waals surface area contributed by atoms with Gasteiger partial charge in [0.05, 0.1) is 5.69 Å². The summed E-state index contributed by atoms with van der Waals surface area (Å²) in [5.41, 5.74) is 3.95. The molecule has 2 N–H and O–H groups in total. The van der Waals surface area contributed by atoms with E-state index in [-0.39, 0.29) is 5.91 Å². The van der Waals surface area contributed by atoms with E-state index in [4.69, 9.17) is 0 Å². The first-order valence-corrected chi connectivity index (χ1v) is 8.11. The molecule has 3 aromatic carbocycles. The van der Waals surface area contributed by atoms with Gasteiger partial charge < -0.3 is 5.32 Å². The van der Waals surface area contributed by atoms with Crippen LogP contribution in [0.5, 0.6) is 0 Å². The van der Waals surface area contributed by atoms with Crippen molar-refractivity contribution in [2.24, 2.45) is 0 Å². The molecule has 0 saturated heterocycles. The number of nitrogens with zero attached hydrogens (tertiary/aromatic N) is 3. The lowest BCUT2D eigenvalue weighted by atomic mass is 10.0. The molecule has 0 spiro atoms. The third kappa shape index (κ3) is 3.21. The zero-order valence-corrected chi connectivity index (χ0v) is 13.8. The molecule has 0 fully saturated rings. The quantitative estimate of drug-likeness (QED) is 0.591. The smallest absolute Gasteiger partial charge is 0.255 e. The van der Waals surface area contributed by atoms with Crippen LogP contribution in [0.15, 0.2) is 78.9 Å². The Balaban J connectivity index is 1.75. The van der Waals surface area contributed by atoms with Gasteiger partial charge in [0.15, 0.2) is 0 Å². The second-order valence-corrected chi connectivity index (χ2v) is 5.68. The minimum absolute atomic E-state index is 0.194. The molecule has 0 aliphatic carbocycles. The van der Waals surface area contributed by atoms with Crippen LogP contribution < -0.4 is 5.32 Å². The predicted molar refractivity (Wildman–Crippen MR) is 99.4 cm³/mol. The van der Waals surface area contributed by atoms with Gasteiger partial charge in [0.1, 0.15) is 0 Å².